The van der Waals surface area contributed by atoms with E-state index in [1.54, 1.807) is 39.8 Å². The van der Waals surface area contributed by atoms with E-state index < -0.39 is 27.8 Å². The fourth-order valence-electron chi connectivity index (χ4n) is 3.15. The van der Waals surface area contributed by atoms with Gasteiger partial charge in [-0.15, -0.1) is 0 Å². The minimum atomic E-state index is -3.91. The summed E-state index contributed by atoms with van der Waals surface area (Å²) >= 11 is 3.30. The van der Waals surface area contributed by atoms with Crippen LogP contribution in [0.4, 0.5) is 16.2 Å². The molecule has 2 heterocycles. The number of hydrogen-bond donors (Lipinski definition) is 1. The van der Waals surface area contributed by atoms with Crippen molar-refractivity contribution < 1.29 is 23.1 Å². The van der Waals surface area contributed by atoms with Crippen LogP contribution in [0.2, 0.25) is 0 Å². The minimum absolute atomic E-state index is 0.0789. The second kappa shape index (κ2) is 7.49. The summed E-state index contributed by atoms with van der Waals surface area (Å²) in [5, 5.41) is 9.67. The molecule has 1 aromatic carbocycles. The highest BCUT2D eigenvalue weighted by Gasteiger charge is 2.36. The third kappa shape index (κ3) is 4.18. The number of benzene rings is 1. The molecule has 1 aliphatic rings. The molecule has 2 aromatic rings. The Morgan fingerprint density at radius 1 is 1.34 bits per heavy atom. The average Bonchev–Trinajstić information content (AvgIpc) is 2.59. The number of ether oxygens (including phenoxy) is 1. The summed E-state index contributed by atoms with van der Waals surface area (Å²) in [4.78, 5) is 17.3. The molecule has 0 bridgehead atoms. The van der Waals surface area contributed by atoms with Crippen molar-refractivity contribution in [3.8, 4) is 5.88 Å². The first-order valence-corrected chi connectivity index (χ1v) is 11.1. The van der Waals surface area contributed by atoms with Gasteiger partial charge in [-0.1, -0.05) is 22.0 Å². The molecule has 1 aromatic heterocycles. The number of amides is 1. The van der Waals surface area contributed by atoms with Crippen LogP contribution in [0.25, 0.3) is 0 Å². The molecule has 0 saturated heterocycles. The second-order valence-electron chi connectivity index (χ2n) is 7.73. The molecular formula is C19H22BrN3O5S. The van der Waals surface area contributed by atoms with Crippen LogP contribution in [0, 0.1) is 0 Å². The summed E-state index contributed by atoms with van der Waals surface area (Å²) in [5.74, 6) is 0.144. The van der Waals surface area contributed by atoms with Crippen LogP contribution in [0.1, 0.15) is 27.7 Å². The summed E-state index contributed by atoms with van der Waals surface area (Å²) in [6, 6.07) is 7.90. The summed E-state index contributed by atoms with van der Waals surface area (Å²) in [7, 11) is -3.91. The van der Waals surface area contributed by atoms with Gasteiger partial charge in [0.05, 0.1) is 23.3 Å². The van der Waals surface area contributed by atoms with E-state index in [1.165, 1.54) is 28.7 Å². The lowest BCUT2D eigenvalue weighted by atomic mass is 10.1. The molecule has 0 saturated carbocycles. The molecule has 1 aliphatic heterocycles. The number of carboxylic acid groups (broad SMARTS) is 1. The monoisotopic (exact) mass is 483 g/mol. The van der Waals surface area contributed by atoms with E-state index in [0.717, 1.165) is 4.90 Å². The van der Waals surface area contributed by atoms with E-state index in [0.29, 0.717) is 4.47 Å². The molecule has 1 N–H and O–H groups in total. The molecule has 10 heteroatoms. The predicted molar refractivity (Wildman–Crippen MR) is 113 cm³/mol. The zero-order valence-corrected chi connectivity index (χ0v) is 18.9. The third-order valence-corrected chi connectivity index (χ3v) is 6.60. The molecule has 0 aliphatic carbocycles. The number of halogens is 1. The van der Waals surface area contributed by atoms with Crippen molar-refractivity contribution in [1.82, 2.24) is 4.98 Å². The van der Waals surface area contributed by atoms with Crippen LogP contribution in [0.3, 0.4) is 0 Å². The van der Waals surface area contributed by atoms with Gasteiger partial charge >= 0.3 is 6.09 Å². The van der Waals surface area contributed by atoms with Crippen LogP contribution in [0.5, 0.6) is 5.88 Å². The van der Waals surface area contributed by atoms with Crippen LogP contribution >= 0.6 is 15.9 Å². The Hall–Kier alpha value is -2.33. The number of sulfonamides is 1. The van der Waals surface area contributed by atoms with Crippen molar-refractivity contribution in [2.24, 2.45) is 0 Å². The Bertz CT molecular complexity index is 1050. The van der Waals surface area contributed by atoms with Gasteiger partial charge in [0.1, 0.15) is 11.8 Å². The van der Waals surface area contributed by atoms with Crippen molar-refractivity contribution in [2.45, 2.75) is 44.2 Å². The molecule has 0 radical (unpaired) electrons. The van der Waals surface area contributed by atoms with E-state index in [9.17, 15) is 18.3 Å². The number of carbonyl (C=O) groups is 1. The maximum absolute atomic E-state index is 13.4. The highest BCUT2D eigenvalue weighted by molar-refractivity contribution is 9.10. The first kappa shape index (κ1) is 21.4. The van der Waals surface area contributed by atoms with Gasteiger partial charge in [-0.05, 0) is 52.0 Å². The lowest BCUT2D eigenvalue weighted by Crippen LogP contribution is -2.46. The van der Waals surface area contributed by atoms with Crippen molar-refractivity contribution in [1.29, 1.82) is 0 Å². The molecule has 0 fully saturated rings. The van der Waals surface area contributed by atoms with Gasteiger partial charge in [0.15, 0.2) is 0 Å². The molecule has 0 spiro atoms. The maximum Gasteiger partial charge on any atom is 0.412 e. The number of rotatable bonds is 3. The molecule has 29 heavy (non-hydrogen) atoms. The van der Waals surface area contributed by atoms with Gasteiger partial charge in [0.25, 0.3) is 10.0 Å². The quantitative estimate of drug-likeness (QED) is 0.704. The molecule has 3 rings (SSSR count). The van der Waals surface area contributed by atoms with Gasteiger partial charge < -0.3 is 9.84 Å². The Labute approximate surface area is 178 Å². The van der Waals surface area contributed by atoms with Crippen molar-refractivity contribution in [2.75, 3.05) is 15.7 Å². The predicted octanol–water partition coefficient (Wildman–Crippen LogP) is 4.10. The van der Waals surface area contributed by atoms with Gasteiger partial charge in [-0.25, -0.2) is 18.2 Å². The van der Waals surface area contributed by atoms with Gasteiger partial charge in [-0.3, -0.25) is 9.21 Å². The fraction of sp³-hybridized carbons (Fsp3) is 0.368. The number of nitrogens with zero attached hydrogens (tertiary/aromatic N) is 3. The Morgan fingerprint density at radius 2 is 2.03 bits per heavy atom. The normalized spacial score (nSPS) is 16.7. The maximum atomic E-state index is 13.4. The Balaban J connectivity index is 2.15. The van der Waals surface area contributed by atoms with Crippen LogP contribution in [-0.2, 0) is 10.0 Å². The van der Waals surface area contributed by atoms with Crippen LogP contribution < -0.4 is 13.9 Å². The topological polar surface area (TPSA) is 100 Å². The first-order valence-electron chi connectivity index (χ1n) is 8.89. The van der Waals surface area contributed by atoms with Gasteiger partial charge in [-0.2, -0.15) is 0 Å². The SMILES string of the molecule is CC1CN(S(=O)(=O)c2cccc(Br)c2)c2cc(N(C(=O)O)C(C)(C)C)cnc2O1. The van der Waals surface area contributed by atoms with Crippen molar-refractivity contribution in [3.63, 3.8) is 0 Å². The Kier molecular flexibility index (Phi) is 5.52. The van der Waals surface area contributed by atoms with Crippen molar-refractivity contribution >= 4 is 43.4 Å². The first-order chi connectivity index (χ1) is 13.4. The highest BCUT2D eigenvalue weighted by Crippen LogP contribution is 2.39. The highest BCUT2D eigenvalue weighted by atomic mass is 79.9. The summed E-state index contributed by atoms with van der Waals surface area (Å²) in [6.07, 6.45) is -0.202. The smallest absolute Gasteiger partial charge is 0.412 e. The van der Waals surface area contributed by atoms with Crippen LogP contribution in [-0.4, -0.2) is 42.8 Å². The van der Waals surface area contributed by atoms with E-state index in [-0.39, 0.29) is 28.7 Å². The summed E-state index contributed by atoms with van der Waals surface area (Å²) in [6.45, 7) is 7.07. The molecule has 1 amide bonds. The van der Waals surface area contributed by atoms with Crippen LogP contribution in [0.15, 0.2) is 45.9 Å². The number of anilines is 2. The number of fused-ring (bicyclic) bond motifs is 1. The van der Waals surface area contributed by atoms with E-state index in [1.807, 2.05) is 0 Å². The number of pyridine rings is 1. The van der Waals surface area contributed by atoms with Gasteiger partial charge in [0, 0.05) is 10.0 Å². The zero-order valence-electron chi connectivity index (χ0n) is 16.5. The van der Waals surface area contributed by atoms with Crippen molar-refractivity contribution in [3.05, 3.63) is 41.0 Å². The van der Waals surface area contributed by atoms with E-state index in [2.05, 4.69) is 20.9 Å². The standard InChI is InChI=1S/C19H22BrN3O5S/c1-12-11-22(29(26,27)15-7-5-6-13(20)8-15)16-9-14(10-21-17(16)28-12)23(18(24)25)19(2,3)4/h5-10,12H,11H2,1-4H3,(H,24,25). The lowest BCUT2D eigenvalue weighted by Gasteiger charge is -2.36. The molecule has 1 atom stereocenters. The second-order valence-corrected chi connectivity index (χ2v) is 10.5. The third-order valence-electron chi connectivity index (χ3n) is 4.33. The number of aromatic nitrogens is 1. The Morgan fingerprint density at radius 3 is 2.62 bits per heavy atom. The van der Waals surface area contributed by atoms with E-state index in [4.69, 9.17) is 4.74 Å². The summed E-state index contributed by atoms with van der Waals surface area (Å²) in [5.41, 5.74) is -0.286. The number of hydrogen-bond acceptors (Lipinski definition) is 5. The average molecular weight is 484 g/mol. The lowest BCUT2D eigenvalue weighted by molar-refractivity contribution is 0.195. The molecule has 156 valence electrons. The van der Waals surface area contributed by atoms with E-state index >= 15 is 0 Å². The fourth-order valence-corrected chi connectivity index (χ4v) is 5.28. The molecular weight excluding hydrogens is 462 g/mol. The molecule has 8 nitrogen and oxygen atoms in total. The minimum Gasteiger partial charge on any atom is -0.471 e. The molecule has 1 unspecified atom stereocenters. The summed E-state index contributed by atoms with van der Waals surface area (Å²) < 4.78 is 34.3. The zero-order chi connectivity index (χ0) is 21.6. The van der Waals surface area contributed by atoms with Gasteiger partial charge in [0.2, 0.25) is 5.88 Å². The largest absolute Gasteiger partial charge is 0.471 e.